The highest BCUT2D eigenvalue weighted by Gasteiger charge is 2.15. The highest BCUT2D eigenvalue weighted by molar-refractivity contribution is 5.77. The van der Waals surface area contributed by atoms with Crippen molar-refractivity contribution in [3.05, 3.63) is 29.3 Å². The van der Waals surface area contributed by atoms with E-state index < -0.39 is 0 Å². The molecule has 0 heterocycles. The average Bonchev–Trinajstić information content (AvgIpc) is 3.13. The lowest BCUT2D eigenvalue weighted by Crippen LogP contribution is -2.30. The van der Waals surface area contributed by atoms with Gasteiger partial charge in [0.05, 0.1) is 6.10 Å². The van der Waals surface area contributed by atoms with Crippen LogP contribution in [0, 0.1) is 0 Å². The third-order valence-corrected chi connectivity index (χ3v) is 5.01. The zero-order valence-electron chi connectivity index (χ0n) is 14.5. The third-order valence-electron chi connectivity index (χ3n) is 5.01. The first-order valence-corrected chi connectivity index (χ1v) is 9.45. The van der Waals surface area contributed by atoms with Crippen molar-refractivity contribution in [1.82, 2.24) is 5.32 Å². The summed E-state index contributed by atoms with van der Waals surface area (Å²) in [5.41, 5.74) is 2.67. The van der Waals surface area contributed by atoms with Gasteiger partial charge in [-0.05, 0) is 62.1 Å². The molecule has 4 nitrogen and oxygen atoms in total. The number of ether oxygens (including phenoxy) is 2. The summed E-state index contributed by atoms with van der Waals surface area (Å²) in [6.45, 7) is 1.49. The Bertz CT molecular complexity index is 538. The molecule has 4 heteroatoms. The molecular weight excluding hydrogens is 302 g/mol. The molecule has 1 amide bonds. The van der Waals surface area contributed by atoms with E-state index in [0.29, 0.717) is 12.6 Å². The highest BCUT2D eigenvalue weighted by atomic mass is 16.5. The SMILES string of the molecule is O=C(COc1cccc2c1CCCC2)NCCCOC1CCCC1. The van der Waals surface area contributed by atoms with Crippen LogP contribution in [0.4, 0.5) is 0 Å². The number of nitrogens with one attached hydrogen (secondary N) is 1. The van der Waals surface area contributed by atoms with Crippen molar-refractivity contribution >= 4 is 5.91 Å². The van der Waals surface area contributed by atoms with Gasteiger partial charge in [0.25, 0.3) is 5.91 Å². The molecule has 1 saturated carbocycles. The maximum atomic E-state index is 11.9. The van der Waals surface area contributed by atoms with Crippen LogP contribution in [0.1, 0.15) is 56.1 Å². The van der Waals surface area contributed by atoms with E-state index in [2.05, 4.69) is 11.4 Å². The van der Waals surface area contributed by atoms with Crippen LogP contribution in [-0.2, 0) is 22.4 Å². The van der Waals surface area contributed by atoms with Gasteiger partial charge < -0.3 is 14.8 Å². The molecule has 1 fully saturated rings. The first kappa shape index (κ1) is 17.3. The molecule has 0 aliphatic heterocycles. The van der Waals surface area contributed by atoms with Gasteiger partial charge >= 0.3 is 0 Å². The van der Waals surface area contributed by atoms with E-state index in [1.165, 1.54) is 49.7 Å². The van der Waals surface area contributed by atoms with Crippen molar-refractivity contribution in [3.8, 4) is 5.75 Å². The summed E-state index contributed by atoms with van der Waals surface area (Å²) in [7, 11) is 0. The minimum atomic E-state index is -0.0516. The molecule has 2 aliphatic rings. The molecule has 1 aromatic rings. The number of rotatable bonds is 8. The highest BCUT2D eigenvalue weighted by Crippen LogP contribution is 2.29. The topological polar surface area (TPSA) is 47.6 Å². The van der Waals surface area contributed by atoms with E-state index in [9.17, 15) is 4.79 Å². The molecule has 0 bridgehead atoms. The Kier molecular flexibility index (Phi) is 6.53. The van der Waals surface area contributed by atoms with Gasteiger partial charge in [0.1, 0.15) is 5.75 Å². The van der Waals surface area contributed by atoms with Crippen LogP contribution in [0.3, 0.4) is 0 Å². The fourth-order valence-electron chi connectivity index (χ4n) is 3.68. The number of carbonyl (C=O) groups is 1. The number of carbonyl (C=O) groups excluding carboxylic acids is 1. The van der Waals surface area contributed by atoms with Crippen molar-refractivity contribution in [3.63, 3.8) is 0 Å². The summed E-state index contributed by atoms with van der Waals surface area (Å²) >= 11 is 0. The van der Waals surface area contributed by atoms with Crippen LogP contribution in [0.5, 0.6) is 5.75 Å². The van der Waals surface area contributed by atoms with E-state index >= 15 is 0 Å². The molecule has 0 atom stereocenters. The Morgan fingerprint density at radius 2 is 1.96 bits per heavy atom. The molecular formula is C20H29NO3. The fraction of sp³-hybridized carbons (Fsp3) is 0.650. The first-order valence-electron chi connectivity index (χ1n) is 9.45. The van der Waals surface area contributed by atoms with Crippen LogP contribution in [0.2, 0.25) is 0 Å². The monoisotopic (exact) mass is 331 g/mol. The van der Waals surface area contributed by atoms with Gasteiger partial charge in [0.15, 0.2) is 6.61 Å². The maximum Gasteiger partial charge on any atom is 0.257 e. The Labute approximate surface area is 144 Å². The Morgan fingerprint density at radius 3 is 2.83 bits per heavy atom. The molecule has 2 aliphatic carbocycles. The lowest BCUT2D eigenvalue weighted by Gasteiger charge is -2.19. The normalized spacial score (nSPS) is 17.5. The standard InChI is InChI=1S/C20H29NO3/c22-20(21-13-6-14-23-17-9-2-3-10-17)15-24-19-12-5-8-16-7-1-4-11-18(16)19/h5,8,12,17H,1-4,6-7,9-11,13-15H2,(H,21,22). The van der Waals surface area contributed by atoms with Gasteiger partial charge in [0.2, 0.25) is 0 Å². The lowest BCUT2D eigenvalue weighted by molar-refractivity contribution is -0.123. The summed E-state index contributed by atoms with van der Waals surface area (Å²) in [6.07, 6.45) is 10.9. The largest absolute Gasteiger partial charge is 0.483 e. The molecule has 0 saturated heterocycles. The number of benzene rings is 1. The molecule has 132 valence electrons. The molecule has 1 N–H and O–H groups in total. The summed E-state index contributed by atoms with van der Waals surface area (Å²) in [5.74, 6) is 0.830. The minimum absolute atomic E-state index is 0.0516. The van der Waals surface area contributed by atoms with Crippen LogP contribution in [-0.4, -0.2) is 31.8 Å². The third kappa shape index (κ3) is 4.97. The van der Waals surface area contributed by atoms with Crippen LogP contribution < -0.4 is 10.1 Å². The Morgan fingerprint density at radius 1 is 1.12 bits per heavy atom. The summed E-state index contributed by atoms with van der Waals surface area (Å²) in [4.78, 5) is 11.9. The van der Waals surface area contributed by atoms with Crippen molar-refractivity contribution in [2.75, 3.05) is 19.8 Å². The number of hydrogen-bond donors (Lipinski definition) is 1. The zero-order valence-corrected chi connectivity index (χ0v) is 14.5. The van der Waals surface area contributed by atoms with Crippen LogP contribution in [0.15, 0.2) is 18.2 Å². The molecule has 0 spiro atoms. The van der Waals surface area contributed by atoms with Crippen LogP contribution in [0.25, 0.3) is 0 Å². The van der Waals surface area contributed by atoms with Gasteiger partial charge in [-0.15, -0.1) is 0 Å². The minimum Gasteiger partial charge on any atom is -0.483 e. The summed E-state index contributed by atoms with van der Waals surface area (Å²) in [5, 5.41) is 2.91. The molecule has 0 aromatic heterocycles. The van der Waals surface area contributed by atoms with Crippen molar-refractivity contribution in [1.29, 1.82) is 0 Å². The second-order valence-corrected chi connectivity index (χ2v) is 6.87. The second-order valence-electron chi connectivity index (χ2n) is 6.87. The number of hydrogen-bond acceptors (Lipinski definition) is 3. The quantitative estimate of drug-likeness (QED) is 0.743. The molecule has 24 heavy (non-hydrogen) atoms. The van der Waals surface area contributed by atoms with E-state index in [-0.39, 0.29) is 12.5 Å². The molecule has 1 aromatic carbocycles. The number of fused-ring (bicyclic) bond motifs is 1. The van der Waals surface area contributed by atoms with E-state index in [0.717, 1.165) is 31.6 Å². The summed E-state index contributed by atoms with van der Waals surface area (Å²) < 4.78 is 11.6. The second kappa shape index (κ2) is 9.07. The van der Waals surface area contributed by atoms with Crippen molar-refractivity contribution in [2.45, 2.75) is 63.9 Å². The molecule has 3 rings (SSSR count). The van der Waals surface area contributed by atoms with Gasteiger partial charge in [-0.3, -0.25) is 4.79 Å². The zero-order chi connectivity index (χ0) is 16.6. The lowest BCUT2D eigenvalue weighted by atomic mass is 9.91. The van der Waals surface area contributed by atoms with Crippen molar-refractivity contribution in [2.24, 2.45) is 0 Å². The van der Waals surface area contributed by atoms with Gasteiger partial charge in [0, 0.05) is 13.2 Å². The Hall–Kier alpha value is -1.55. The van der Waals surface area contributed by atoms with Crippen LogP contribution >= 0.6 is 0 Å². The maximum absolute atomic E-state index is 11.9. The summed E-state index contributed by atoms with van der Waals surface area (Å²) in [6, 6.07) is 6.18. The van der Waals surface area contributed by atoms with Crippen molar-refractivity contribution < 1.29 is 14.3 Å². The van der Waals surface area contributed by atoms with Gasteiger partial charge in [-0.25, -0.2) is 0 Å². The smallest absolute Gasteiger partial charge is 0.257 e. The van der Waals surface area contributed by atoms with E-state index in [1.54, 1.807) is 0 Å². The average molecular weight is 331 g/mol. The fourth-order valence-corrected chi connectivity index (χ4v) is 3.68. The molecule has 0 unspecified atom stereocenters. The van der Waals surface area contributed by atoms with Gasteiger partial charge in [-0.1, -0.05) is 25.0 Å². The number of amides is 1. The van der Waals surface area contributed by atoms with Gasteiger partial charge in [-0.2, -0.15) is 0 Å². The van der Waals surface area contributed by atoms with E-state index in [4.69, 9.17) is 9.47 Å². The Balaban J connectivity index is 1.32. The molecule has 0 radical (unpaired) electrons. The first-order chi connectivity index (χ1) is 11.8. The number of aryl methyl sites for hydroxylation is 1. The predicted octanol–water partition coefficient (Wildman–Crippen LogP) is 3.41. The predicted molar refractivity (Wildman–Crippen MR) is 94.4 cm³/mol. The van der Waals surface area contributed by atoms with E-state index in [1.807, 2.05) is 12.1 Å².